The molecule has 1 aliphatic rings. The van der Waals surface area contributed by atoms with E-state index in [1.54, 1.807) is 7.11 Å². The highest BCUT2D eigenvalue weighted by atomic mass is 16.5. The number of nitrogens with one attached hydrogen (secondary N) is 2. The van der Waals surface area contributed by atoms with Crippen LogP contribution in [0.1, 0.15) is 57.9 Å². The number of likely N-dealkylation sites (tertiary alicyclic amines) is 1. The highest BCUT2D eigenvalue weighted by Crippen LogP contribution is 2.23. The molecular formula is C23H39N3O2. The molecule has 5 heteroatoms. The van der Waals surface area contributed by atoms with Crippen LogP contribution in [-0.2, 0) is 16.0 Å². The zero-order valence-corrected chi connectivity index (χ0v) is 18.0. The van der Waals surface area contributed by atoms with Crippen molar-refractivity contribution < 1.29 is 9.53 Å². The van der Waals surface area contributed by atoms with Crippen LogP contribution >= 0.6 is 0 Å². The molecule has 0 radical (unpaired) electrons. The van der Waals surface area contributed by atoms with E-state index >= 15 is 0 Å². The summed E-state index contributed by atoms with van der Waals surface area (Å²) in [6.07, 6.45) is 6.87. The first kappa shape index (κ1) is 22.9. The summed E-state index contributed by atoms with van der Waals surface area (Å²) in [5, 5.41) is 0. The van der Waals surface area contributed by atoms with Crippen LogP contribution in [0, 0.1) is 5.92 Å². The summed E-state index contributed by atoms with van der Waals surface area (Å²) in [5.41, 5.74) is 7.95. The summed E-state index contributed by atoms with van der Waals surface area (Å²) in [6.45, 7) is 7.10. The number of hydrogen-bond donors (Lipinski definition) is 2. The van der Waals surface area contributed by atoms with Gasteiger partial charge in [0.05, 0.1) is 12.5 Å². The molecule has 0 bridgehead atoms. The quantitative estimate of drug-likeness (QED) is 0.400. The third-order valence-electron chi connectivity index (χ3n) is 5.90. The van der Waals surface area contributed by atoms with Crippen LogP contribution in [0.25, 0.3) is 0 Å². The summed E-state index contributed by atoms with van der Waals surface area (Å²) in [4.78, 5) is 14.9. The first-order valence-corrected chi connectivity index (χ1v) is 11.0. The normalized spacial score (nSPS) is 19.0. The van der Waals surface area contributed by atoms with Gasteiger partial charge >= 0.3 is 0 Å². The second-order valence-corrected chi connectivity index (χ2v) is 8.07. The van der Waals surface area contributed by atoms with Crippen molar-refractivity contribution in [3.05, 3.63) is 35.9 Å². The summed E-state index contributed by atoms with van der Waals surface area (Å²) < 4.78 is 5.58. The highest BCUT2D eigenvalue weighted by Gasteiger charge is 2.29. The van der Waals surface area contributed by atoms with Crippen LogP contribution in [-0.4, -0.2) is 49.7 Å². The van der Waals surface area contributed by atoms with Gasteiger partial charge in [-0.2, -0.15) is 0 Å². The molecule has 2 N–H and O–H groups in total. The van der Waals surface area contributed by atoms with E-state index in [2.05, 4.69) is 53.9 Å². The Morgan fingerprint density at radius 1 is 1.25 bits per heavy atom. The minimum Gasteiger partial charge on any atom is -0.381 e. The topological polar surface area (TPSA) is 53.6 Å². The first-order chi connectivity index (χ1) is 13.6. The number of carbonyl (C=O) groups excluding carboxylic acids is 1. The number of ether oxygens (including phenoxy) is 1. The third kappa shape index (κ3) is 7.90. The number of benzene rings is 1. The van der Waals surface area contributed by atoms with Gasteiger partial charge in [0.1, 0.15) is 0 Å². The van der Waals surface area contributed by atoms with Crippen molar-refractivity contribution >= 4 is 5.91 Å². The Labute approximate surface area is 171 Å². The summed E-state index contributed by atoms with van der Waals surface area (Å²) >= 11 is 0. The molecule has 1 amide bonds. The minimum atomic E-state index is 0.0430. The lowest BCUT2D eigenvalue weighted by Crippen LogP contribution is -2.41. The molecule has 158 valence electrons. The van der Waals surface area contributed by atoms with Gasteiger partial charge in [-0.25, -0.2) is 0 Å². The molecule has 0 saturated carbocycles. The largest absolute Gasteiger partial charge is 0.381 e. The van der Waals surface area contributed by atoms with Crippen molar-refractivity contribution in [3.8, 4) is 0 Å². The van der Waals surface area contributed by atoms with Gasteiger partial charge in [0.15, 0.2) is 0 Å². The van der Waals surface area contributed by atoms with Crippen LogP contribution < -0.4 is 10.9 Å². The molecule has 1 aromatic carbocycles. The van der Waals surface area contributed by atoms with Gasteiger partial charge < -0.3 is 9.64 Å². The lowest BCUT2D eigenvalue weighted by atomic mass is 9.98. The molecule has 3 unspecified atom stereocenters. The smallest absolute Gasteiger partial charge is 0.225 e. The molecule has 0 aromatic heterocycles. The molecule has 1 fully saturated rings. The lowest BCUT2D eigenvalue weighted by molar-refractivity contribution is -0.135. The average Bonchev–Trinajstić information content (AvgIpc) is 3.19. The maximum Gasteiger partial charge on any atom is 0.225 e. The van der Waals surface area contributed by atoms with Gasteiger partial charge in [-0.3, -0.25) is 15.6 Å². The number of rotatable bonds is 13. The number of nitrogens with zero attached hydrogens (tertiary/aromatic N) is 1. The number of amides is 1. The van der Waals surface area contributed by atoms with Crippen molar-refractivity contribution in [1.82, 2.24) is 15.8 Å². The van der Waals surface area contributed by atoms with Gasteiger partial charge in [-0.1, -0.05) is 50.6 Å². The number of carbonyl (C=O) groups is 1. The highest BCUT2D eigenvalue weighted by molar-refractivity contribution is 5.77. The van der Waals surface area contributed by atoms with Crippen molar-refractivity contribution in [3.63, 3.8) is 0 Å². The van der Waals surface area contributed by atoms with E-state index in [1.165, 1.54) is 5.56 Å². The Hall–Kier alpha value is -1.43. The number of hydrazine groups is 1. The van der Waals surface area contributed by atoms with Gasteiger partial charge in [0, 0.05) is 32.8 Å². The molecule has 1 aliphatic heterocycles. The van der Waals surface area contributed by atoms with Gasteiger partial charge in [0.25, 0.3) is 0 Å². The molecule has 2 rings (SSSR count). The number of hydrogen-bond acceptors (Lipinski definition) is 4. The Balaban J connectivity index is 1.65. The summed E-state index contributed by atoms with van der Waals surface area (Å²) in [5.74, 6) is 0.855. The maximum atomic E-state index is 12.8. The van der Waals surface area contributed by atoms with Crippen molar-refractivity contribution in [2.75, 3.05) is 26.7 Å². The van der Waals surface area contributed by atoms with Crippen LogP contribution in [0.3, 0.4) is 0 Å². The molecule has 28 heavy (non-hydrogen) atoms. The Kier molecular flexibility index (Phi) is 10.5. The van der Waals surface area contributed by atoms with Crippen molar-refractivity contribution in [2.24, 2.45) is 5.92 Å². The molecule has 1 heterocycles. The van der Waals surface area contributed by atoms with E-state index in [0.717, 1.165) is 58.2 Å². The molecule has 5 nitrogen and oxygen atoms in total. The van der Waals surface area contributed by atoms with Crippen LogP contribution in [0.2, 0.25) is 0 Å². The van der Waals surface area contributed by atoms with E-state index in [4.69, 9.17) is 4.74 Å². The number of methoxy groups -OCH3 is 1. The first-order valence-electron chi connectivity index (χ1n) is 11.0. The Bertz CT molecular complexity index is 552. The Morgan fingerprint density at radius 3 is 2.71 bits per heavy atom. The third-order valence-corrected chi connectivity index (χ3v) is 5.90. The molecule has 0 aliphatic carbocycles. The maximum absolute atomic E-state index is 12.8. The van der Waals surface area contributed by atoms with Gasteiger partial charge in [0.2, 0.25) is 5.91 Å². The SMILES string of the molecule is CCC(C)CC(CC(=O)N1CCCC1CCNNCCc1ccccc1)OC. The van der Waals surface area contributed by atoms with E-state index in [-0.39, 0.29) is 12.0 Å². The molecule has 1 saturated heterocycles. The molecule has 1 aromatic rings. The van der Waals surface area contributed by atoms with E-state index in [9.17, 15) is 4.79 Å². The van der Waals surface area contributed by atoms with Gasteiger partial charge in [-0.15, -0.1) is 0 Å². The average molecular weight is 390 g/mol. The van der Waals surface area contributed by atoms with Crippen molar-refractivity contribution in [2.45, 2.75) is 70.9 Å². The fourth-order valence-corrected chi connectivity index (χ4v) is 3.92. The van der Waals surface area contributed by atoms with E-state index < -0.39 is 0 Å². The minimum absolute atomic E-state index is 0.0430. The monoisotopic (exact) mass is 389 g/mol. The second kappa shape index (κ2) is 12.9. The fourth-order valence-electron chi connectivity index (χ4n) is 3.92. The molecule has 0 spiro atoms. The van der Waals surface area contributed by atoms with Crippen LogP contribution in [0.15, 0.2) is 30.3 Å². The zero-order chi connectivity index (χ0) is 20.2. The second-order valence-electron chi connectivity index (χ2n) is 8.07. The van der Waals surface area contributed by atoms with Crippen molar-refractivity contribution in [1.29, 1.82) is 0 Å². The summed E-state index contributed by atoms with van der Waals surface area (Å²) in [7, 11) is 1.73. The van der Waals surface area contributed by atoms with E-state index in [0.29, 0.717) is 18.4 Å². The Morgan fingerprint density at radius 2 is 2.00 bits per heavy atom. The zero-order valence-electron chi connectivity index (χ0n) is 18.0. The van der Waals surface area contributed by atoms with Crippen LogP contribution in [0.5, 0.6) is 0 Å². The van der Waals surface area contributed by atoms with Crippen LogP contribution in [0.4, 0.5) is 0 Å². The standard InChI is InChI=1S/C23H39N3O2/c1-4-19(2)17-22(28-3)18-23(27)26-16-8-11-21(26)13-15-25-24-14-12-20-9-6-5-7-10-20/h5-7,9-10,19,21-22,24-25H,4,8,11-18H2,1-3H3. The molecular weight excluding hydrogens is 350 g/mol. The summed E-state index contributed by atoms with van der Waals surface area (Å²) in [6, 6.07) is 10.9. The fraction of sp³-hybridized carbons (Fsp3) is 0.696. The van der Waals surface area contributed by atoms with E-state index in [1.807, 2.05) is 6.07 Å². The van der Waals surface area contributed by atoms with Gasteiger partial charge in [-0.05, 0) is 43.6 Å². The predicted molar refractivity (Wildman–Crippen MR) is 115 cm³/mol. The lowest BCUT2D eigenvalue weighted by Gasteiger charge is -2.27. The predicted octanol–water partition coefficient (Wildman–Crippen LogP) is 3.55. The molecule has 3 atom stereocenters.